The van der Waals surface area contributed by atoms with E-state index in [9.17, 15) is 4.79 Å². The molecule has 0 spiro atoms. The number of hydrogen-bond acceptors (Lipinski definition) is 2. The van der Waals surface area contributed by atoms with Crippen LogP contribution in [-0.4, -0.2) is 12.3 Å². The van der Waals surface area contributed by atoms with Crippen molar-refractivity contribution in [3.8, 4) is 0 Å². The van der Waals surface area contributed by atoms with Crippen molar-refractivity contribution < 1.29 is 4.79 Å². The van der Waals surface area contributed by atoms with Crippen LogP contribution in [0.4, 0.5) is 0 Å². The molecule has 9 heavy (non-hydrogen) atoms. The highest BCUT2D eigenvalue weighted by molar-refractivity contribution is 5.60. The second kappa shape index (κ2) is 2.48. The lowest BCUT2D eigenvalue weighted by molar-refractivity contribution is -0.109. The summed E-state index contributed by atoms with van der Waals surface area (Å²) in [7, 11) is 0. The average Bonchev–Trinajstić information content (AvgIpc) is 2.44. The van der Waals surface area contributed by atoms with E-state index in [-0.39, 0.29) is 12.0 Å². The van der Waals surface area contributed by atoms with Gasteiger partial charge in [-0.3, -0.25) is 0 Å². The van der Waals surface area contributed by atoms with Crippen molar-refractivity contribution in [3.63, 3.8) is 0 Å². The molecule has 0 aromatic carbocycles. The Hall–Kier alpha value is -0.370. The Balaban J connectivity index is 2.24. The lowest BCUT2D eigenvalue weighted by Gasteiger charge is -1.87. The van der Waals surface area contributed by atoms with E-state index >= 15 is 0 Å². The van der Waals surface area contributed by atoms with Gasteiger partial charge >= 0.3 is 0 Å². The molecule has 1 aliphatic rings. The zero-order valence-corrected chi connectivity index (χ0v) is 5.71. The van der Waals surface area contributed by atoms with Gasteiger partial charge in [0.25, 0.3) is 0 Å². The van der Waals surface area contributed by atoms with E-state index in [4.69, 9.17) is 5.73 Å². The molecule has 2 unspecified atom stereocenters. The van der Waals surface area contributed by atoms with Gasteiger partial charge in [0.05, 0.1) is 0 Å². The third kappa shape index (κ3) is 1.13. The van der Waals surface area contributed by atoms with Gasteiger partial charge < -0.3 is 10.5 Å². The molecule has 3 atom stereocenters. The van der Waals surface area contributed by atoms with Crippen molar-refractivity contribution >= 4 is 6.29 Å². The summed E-state index contributed by atoms with van der Waals surface area (Å²) in [6.45, 7) is 2.12. The fourth-order valence-electron chi connectivity index (χ4n) is 1.34. The van der Waals surface area contributed by atoms with E-state index in [0.717, 1.165) is 19.1 Å². The minimum absolute atomic E-state index is 0.183. The van der Waals surface area contributed by atoms with Gasteiger partial charge in [0, 0.05) is 12.0 Å². The van der Waals surface area contributed by atoms with Crippen LogP contribution < -0.4 is 5.73 Å². The Labute approximate surface area is 55.4 Å². The van der Waals surface area contributed by atoms with Gasteiger partial charge in [-0.1, -0.05) is 13.3 Å². The van der Waals surface area contributed by atoms with Gasteiger partial charge in [0.2, 0.25) is 0 Å². The molecule has 1 aliphatic carbocycles. The van der Waals surface area contributed by atoms with Crippen LogP contribution in [0.25, 0.3) is 0 Å². The molecule has 0 aromatic heterocycles. The maximum Gasteiger partial charge on any atom is 0.124 e. The Morgan fingerprint density at radius 2 is 2.33 bits per heavy atom. The van der Waals surface area contributed by atoms with Gasteiger partial charge in [-0.25, -0.2) is 0 Å². The van der Waals surface area contributed by atoms with Gasteiger partial charge in [-0.15, -0.1) is 0 Å². The van der Waals surface area contributed by atoms with Crippen LogP contribution in [0.1, 0.15) is 19.8 Å². The third-order valence-electron chi connectivity index (χ3n) is 2.07. The highest BCUT2D eigenvalue weighted by Gasteiger charge is 2.46. The Morgan fingerprint density at radius 1 is 1.67 bits per heavy atom. The number of aldehydes is 1. The lowest BCUT2D eigenvalue weighted by atomic mass is 10.2. The molecule has 0 saturated heterocycles. The molecule has 0 amide bonds. The summed E-state index contributed by atoms with van der Waals surface area (Å²) in [6, 6.07) is 0.183. The smallest absolute Gasteiger partial charge is 0.124 e. The molecular weight excluding hydrogens is 114 g/mol. The number of rotatable bonds is 3. The molecule has 0 aromatic rings. The van der Waals surface area contributed by atoms with Crippen molar-refractivity contribution in [2.45, 2.75) is 25.8 Å². The van der Waals surface area contributed by atoms with Crippen LogP contribution >= 0.6 is 0 Å². The summed E-state index contributed by atoms with van der Waals surface area (Å²) in [5.74, 6) is 0.692. The minimum atomic E-state index is 0.183. The summed E-state index contributed by atoms with van der Waals surface area (Å²) in [5, 5.41) is 0. The van der Waals surface area contributed by atoms with E-state index in [1.165, 1.54) is 0 Å². The zero-order valence-electron chi connectivity index (χ0n) is 5.71. The molecule has 0 bridgehead atoms. The maximum absolute atomic E-state index is 10.2. The molecule has 1 saturated carbocycles. The molecule has 2 nitrogen and oxygen atoms in total. The van der Waals surface area contributed by atoms with E-state index in [0.29, 0.717) is 5.92 Å². The summed E-state index contributed by atoms with van der Waals surface area (Å²) in [6.07, 6.45) is 3.25. The molecule has 2 heteroatoms. The lowest BCUT2D eigenvalue weighted by Crippen LogP contribution is -2.03. The minimum Gasteiger partial charge on any atom is -0.327 e. The van der Waals surface area contributed by atoms with Crippen LogP contribution in [0, 0.1) is 11.8 Å². The topological polar surface area (TPSA) is 43.1 Å². The first-order chi connectivity index (χ1) is 4.31. The van der Waals surface area contributed by atoms with Gasteiger partial charge in [-0.2, -0.15) is 0 Å². The molecule has 1 fully saturated rings. The average molecular weight is 127 g/mol. The van der Waals surface area contributed by atoms with Crippen LogP contribution in [0.15, 0.2) is 0 Å². The first-order valence-electron chi connectivity index (χ1n) is 3.52. The Kier molecular flexibility index (Phi) is 1.86. The second-order valence-corrected chi connectivity index (χ2v) is 2.74. The van der Waals surface area contributed by atoms with Gasteiger partial charge in [-0.05, 0) is 12.3 Å². The standard InChI is InChI=1S/C7H13NO/c1-2-3-5-6(4-9)7(5)8/h4-7H,2-3,8H2,1H3/t5?,6?,7-/m0/s1. The van der Waals surface area contributed by atoms with Crippen LogP contribution in [-0.2, 0) is 4.79 Å². The van der Waals surface area contributed by atoms with Gasteiger partial charge in [0.15, 0.2) is 0 Å². The van der Waals surface area contributed by atoms with Crippen molar-refractivity contribution in [1.29, 1.82) is 0 Å². The molecule has 0 radical (unpaired) electrons. The van der Waals surface area contributed by atoms with Crippen LogP contribution in [0.2, 0.25) is 0 Å². The number of carbonyl (C=O) groups is 1. The number of carbonyl (C=O) groups excluding carboxylic acids is 1. The molecule has 1 rings (SSSR count). The third-order valence-corrected chi connectivity index (χ3v) is 2.07. The Morgan fingerprint density at radius 3 is 2.67 bits per heavy atom. The number of hydrogen-bond donors (Lipinski definition) is 1. The van der Waals surface area contributed by atoms with E-state index < -0.39 is 0 Å². The normalized spacial score (nSPS) is 40.4. The van der Waals surface area contributed by atoms with Crippen LogP contribution in [0.5, 0.6) is 0 Å². The molecular formula is C7H13NO. The summed E-state index contributed by atoms with van der Waals surface area (Å²) in [4.78, 5) is 10.2. The molecule has 0 aliphatic heterocycles. The SMILES string of the molecule is CCCC1C(C=O)[C@H]1N. The Bertz CT molecular complexity index is 113. The highest BCUT2D eigenvalue weighted by atomic mass is 16.1. The monoisotopic (exact) mass is 127 g/mol. The quantitative estimate of drug-likeness (QED) is 0.563. The maximum atomic E-state index is 10.2. The predicted molar refractivity (Wildman–Crippen MR) is 35.9 cm³/mol. The van der Waals surface area contributed by atoms with Gasteiger partial charge in [0.1, 0.15) is 6.29 Å². The van der Waals surface area contributed by atoms with E-state index in [1.54, 1.807) is 0 Å². The van der Waals surface area contributed by atoms with Crippen molar-refractivity contribution in [1.82, 2.24) is 0 Å². The molecule has 2 N–H and O–H groups in total. The zero-order chi connectivity index (χ0) is 6.85. The van der Waals surface area contributed by atoms with Crippen molar-refractivity contribution in [3.05, 3.63) is 0 Å². The fourth-order valence-corrected chi connectivity index (χ4v) is 1.34. The first-order valence-corrected chi connectivity index (χ1v) is 3.52. The fraction of sp³-hybridized carbons (Fsp3) is 0.857. The van der Waals surface area contributed by atoms with E-state index in [2.05, 4.69) is 6.92 Å². The largest absolute Gasteiger partial charge is 0.327 e. The van der Waals surface area contributed by atoms with E-state index in [1.807, 2.05) is 0 Å². The second-order valence-electron chi connectivity index (χ2n) is 2.74. The first kappa shape index (κ1) is 6.75. The van der Waals surface area contributed by atoms with Crippen molar-refractivity contribution in [2.75, 3.05) is 0 Å². The highest BCUT2D eigenvalue weighted by Crippen LogP contribution is 2.38. The number of nitrogens with two attached hydrogens (primary N) is 1. The predicted octanol–water partition coefficient (Wildman–Crippen LogP) is 0.559. The van der Waals surface area contributed by atoms with Crippen LogP contribution in [0.3, 0.4) is 0 Å². The summed E-state index contributed by atoms with van der Waals surface area (Å²) < 4.78 is 0. The summed E-state index contributed by atoms with van der Waals surface area (Å²) in [5.41, 5.74) is 5.58. The van der Waals surface area contributed by atoms with Crippen molar-refractivity contribution in [2.24, 2.45) is 17.6 Å². The molecule has 52 valence electrons. The molecule has 0 heterocycles. The summed E-state index contributed by atoms with van der Waals surface area (Å²) >= 11 is 0.